The maximum atomic E-state index is 8.95. The average molecular weight is 139 g/mol. The van der Waals surface area contributed by atoms with Gasteiger partial charge in [-0.2, -0.15) is 9.83 Å². The van der Waals surface area contributed by atoms with E-state index >= 15 is 0 Å². The van der Waals surface area contributed by atoms with Crippen LogP contribution in [0.25, 0.3) is 5.65 Å². The predicted molar refractivity (Wildman–Crippen MR) is 32.0 cm³/mol. The number of hydrogen-bond donors (Lipinski definition) is 2. The van der Waals surface area contributed by atoms with Crippen molar-refractivity contribution >= 4 is 5.65 Å². The fourth-order valence-electron chi connectivity index (χ4n) is 0.854. The molecule has 0 radical (unpaired) electrons. The van der Waals surface area contributed by atoms with Gasteiger partial charge in [0.2, 0.25) is 0 Å². The third-order valence-electron chi connectivity index (χ3n) is 1.29. The van der Waals surface area contributed by atoms with Crippen molar-refractivity contribution < 1.29 is 10.3 Å². The first kappa shape index (κ1) is 5.16. The van der Waals surface area contributed by atoms with Crippen molar-refractivity contribution in [1.82, 2.24) is 14.3 Å². The first-order valence-electron chi connectivity index (χ1n) is 2.71. The Morgan fingerprint density at radius 2 is 2.30 bits per heavy atom. The number of nitrogens with zero attached hydrogens (tertiary/aromatic N) is 3. The minimum Gasteiger partial charge on any atom is -0.506 e. The highest BCUT2D eigenvalue weighted by molar-refractivity contribution is 5.44. The van der Waals surface area contributed by atoms with E-state index in [1.165, 1.54) is 23.1 Å². The van der Waals surface area contributed by atoms with Crippen LogP contribution in [-0.4, -0.2) is 24.7 Å². The largest absolute Gasteiger partial charge is 0.506 e. The summed E-state index contributed by atoms with van der Waals surface area (Å²) in [5, 5.41) is 21.5. The second kappa shape index (κ2) is 1.44. The van der Waals surface area contributed by atoms with Crippen molar-refractivity contribution in [2.24, 2.45) is 0 Å². The molecule has 0 bridgehead atoms. The third-order valence-corrected chi connectivity index (χ3v) is 1.29. The summed E-state index contributed by atoms with van der Waals surface area (Å²) in [5.74, 6) is 0.0888. The van der Waals surface area contributed by atoms with Gasteiger partial charge in [0, 0.05) is 6.07 Å². The lowest BCUT2D eigenvalue weighted by Gasteiger charge is -1.83. The number of rotatable bonds is 0. The maximum absolute atomic E-state index is 8.95. The number of aromatic hydroxyl groups is 1. The highest BCUT2D eigenvalue weighted by Crippen LogP contribution is 2.12. The molecular weight excluding hydrogens is 134 g/mol. The fraction of sp³-hybridized carbons (Fsp3) is 0. The van der Waals surface area contributed by atoms with Crippen molar-refractivity contribution in [2.75, 3.05) is 0 Å². The summed E-state index contributed by atoms with van der Waals surface area (Å²) in [6.45, 7) is 0. The Morgan fingerprint density at radius 1 is 1.50 bits per heavy atom. The Balaban J connectivity index is 2.90. The van der Waals surface area contributed by atoms with Gasteiger partial charge in [0.05, 0.1) is 6.20 Å². The molecule has 0 unspecified atom stereocenters. The SMILES string of the molecule is Oc1cc2n(O)cnn2c1. The van der Waals surface area contributed by atoms with Gasteiger partial charge in [0.25, 0.3) is 0 Å². The van der Waals surface area contributed by atoms with Gasteiger partial charge in [-0.05, 0) is 0 Å². The molecule has 5 nitrogen and oxygen atoms in total. The van der Waals surface area contributed by atoms with E-state index in [9.17, 15) is 0 Å². The molecule has 2 rings (SSSR count). The predicted octanol–water partition coefficient (Wildman–Crippen LogP) is 0.0787. The topological polar surface area (TPSA) is 62.7 Å². The first-order valence-corrected chi connectivity index (χ1v) is 2.71. The summed E-state index contributed by atoms with van der Waals surface area (Å²) in [5.41, 5.74) is 0.442. The molecular formula is C5H5N3O2. The normalized spacial score (nSPS) is 10.8. The standard InChI is InChI=1S/C5H5N3O2/c9-4-1-5-7(2-4)6-3-8(5)10/h1-3,9-10H. The number of hydrogen-bond acceptors (Lipinski definition) is 3. The van der Waals surface area contributed by atoms with Crippen LogP contribution in [0.4, 0.5) is 0 Å². The van der Waals surface area contributed by atoms with Crippen LogP contribution in [0.2, 0.25) is 0 Å². The second-order valence-electron chi connectivity index (χ2n) is 1.98. The molecule has 0 saturated heterocycles. The van der Waals surface area contributed by atoms with Gasteiger partial charge in [0.15, 0.2) is 12.0 Å². The monoisotopic (exact) mass is 139 g/mol. The van der Waals surface area contributed by atoms with Crippen molar-refractivity contribution in [2.45, 2.75) is 0 Å². The van der Waals surface area contributed by atoms with Gasteiger partial charge in [0.1, 0.15) is 5.75 Å². The Morgan fingerprint density at radius 3 is 3.00 bits per heavy atom. The lowest BCUT2D eigenvalue weighted by Crippen LogP contribution is -1.84. The molecule has 0 fully saturated rings. The van der Waals surface area contributed by atoms with E-state index in [1.54, 1.807) is 0 Å². The summed E-state index contributed by atoms with van der Waals surface area (Å²) in [4.78, 5) is 0. The van der Waals surface area contributed by atoms with E-state index in [2.05, 4.69) is 5.10 Å². The van der Waals surface area contributed by atoms with E-state index in [4.69, 9.17) is 10.3 Å². The van der Waals surface area contributed by atoms with Crippen molar-refractivity contribution in [3.8, 4) is 5.75 Å². The van der Waals surface area contributed by atoms with E-state index in [-0.39, 0.29) is 5.75 Å². The molecule has 0 aliphatic rings. The maximum Gasteiger partial charge on any atom is 0.174 e. The van der Waals surface area contributed by atoms with Crippen LogP contribution >= 0.6 is 0 Å². The van der Waals surface area contributed by atoms with E-state index in [0.29, 0.717) is 5.65 Å². The minimum absolute atomic E-state index is 0.0888. The molecule has 2 aromatic heterocycles. The van der Waals surface area contributed by atoms with Gasteiger partial charge in [-0.15, -0.1) is 0 Å². The van der Waals surface area contributed by atoms with Gasteiger partial charge >= 0.3 is 0 Å². The summed E-state index contributed by atoms with van der Waals surface area (Å²) in [7, 11) is 0. The first-order chi connectivity index (χ1) is 4.77. The third kappa shape index (κ3) is 0.485. The molecule has 10 heavy (non-hydrogen) atoms. The van der Waals surface area contributed by atoms with Crippen LogP contribution in [0.3, 0.4) is 0 Å². The lowest BCUT2D eigenvalue weighted by molar-refractivity contribution is 0.197. The quantitative estimate of drug-likeness (QED) is 0.508. The van der Waals surface area contributed by atoms with E-state index in [1.807, 2.05) is 0 Å². The van der Waals surface area contributed by atoms with Crippen molar-refractivity contribution in [3.63, 3.8) is 0 Å². The van der Waals surface area contributed by atoms with Crippen LogP contribution in [0.5, 0.6) is 5.75 Å². The molecule has 0 atom stereocenters. The number of fused-ring (bicyclic) bond motifs is 1. The molecule has 2 N–H and O–H groups in total. The highest BCUT2D eigenvalue weighted by atomic mass is 16.5. The Kier molecular flexibility index (Phi) is 0.743. The summed E-state index contributed by atoms with van der Waals surface area (Å²) in [6.07, 6.45) is 2.65. The summed E-state index contributed by atoms with van der Waals surface area (Å²) < 4.78 is 2.20. The Labute approximate surface area is 55.7 Å². The highest BCUT2D eigenvalue weighted by Gasteiger charge is 2.01. The molecule has 5 heteroatoms. The molecule has 0 aliphatic heterocycles. The zero-order chi connectivity index (χ0) is 7.14. The molecule has 0 saturated carbocycles. The molecule has 0 amide bonds. The summed E-state index contributed by atoms with van der Waals surface area (Å²) in [6, 6.07) is 1.41. The number of aromatic nitrogens is 3. The molecule has 2 aromatic rings. The average Bonchev–Trinajstić information content (AvgIpc) is 2.35. The molecule has 0 aromatic carbocycles. The van der Waals surface area contributed by atoms with Crippen molar-refractivity contribution in [1.29, 1.82) is 0 Å². The van der Waals surface area contributed by atoms with Crippen LogP contribution < -0.4 is 0 Å². The second-order valence-corrected chi connectivity index (χ2v) is 1.98. The minimum atomic E-state index is 0.0888. The zero-order valence-electron chi connectivity index (χ0n) is 4.97. The van der Waals surface area contributed by atoms with Crippen LogP contribution in [-0.2, 0) is 0 Å². The molecule has 0 spiro atoms. The lowest BCUT2D eigenvalue weighted by atomic mass is 10.6. The summed E-state index contributed by atoms with van der Waals surface area (Å²) >= 11 is 0. The van der Waals surface area contributed by atoms with Gasteiger partial charge in [-0.3, -0.25) is 0 Å². The molecule has 52 valence electrons. The van der Waals surface area contributed by atoms with Crippen LogP contribution in [0, 0.1) is 0 Å². The Bertz CT molecular complexity index is 362. The Hall–Kier alpha value is -1.65. The van der Waals surface area contributed by atoms with Crippen LogP contribution in [0.15, 0.2) is 18.6 Å². The van der Waals surface area contributed by atoms with E-state index in [0.717, 1.165) is 4.73 Å². The van der Waals surface area contributed by atoms with Crippen LogP contribution in [0.1, 0.15) is 0 Å². The van der Waals surface area contributed by atoms with Gasteiger partial charge in [-0.1, -0.05) is 0 Å². The fourth-order valence-corrected chi connectivity index (χ4v) is 0.854. The molecule has 2 heterocycles. The van der Waals surface area contributed by atoms with Crippen molar-refractivity contribution in [3.05, 3.63) is 18.6 Å². The van der Waals surface area contributed by atoms with Gasteiger partial charge in [-0.25, -0.2) is 4.52 Å². The van der Waals surface area contributed by atoms with Gasteiger partial charge < -0.3 is 10.3 Å². The molecule has 0 aliphatic carbocycles. The zero-order valence-corrected chi connectivity index (χ0v) is 4.97. The smallest absolute Gasteiger partial charge is 0.174 e. The van der Waals surface area contributed by atoms with E-state index < -0.39 is 0 Å².